The maximum atomic E-state index is 11.9. The van der Waals surface area contributed by atoms with Crippen molar-refractivity contribution in [1.82, 2.24) is 4.57 Å². The van der Waals surface area contributed by atoms with Gasteiger partial charge < -0.3 is 10.0 Å². The number of anilines is 1. The highest BCUT2D eigenvalue weighted by atomic mass is 16.4. The van der Waals surface area contributed by atoms with Crippen LogP contribution in [0.1, 0.15) is 17.6 Å². The number of aromatic nitrogens is 1. The van der Waals surface area contributed by atoms with E-state index in [0.29, 0.717) is 0 Å². The summed E-state index contributed by atoms with van der Waals surface area (Å²) in [5.74, 6) is -1.16. The number of fused-ring (bicyclic) bond motifs is 1. The standard InChI is InChI=1S/C14H16N2O3/c1-15(2)11-3-4-12-10(9-11)7-8-16(12)13(17)5-6-14(18)19/h3-4,7-9H,5-6H2,1-2H3,(H,18,19). The molecule has 2 aromatic rings. The third kappa shape index (κ3) is 2.76. The van der Waals surface area contributed by atoms with Gasteiger partial charge in [-0.1, -0.05) is 0 Å². The summed E-state index contributed by atoms with van der Waals surface area (Å²) in [6, 6.07) is 7.67. The van der Waals surface area contributed by atoms with Crippen LogP contribution in [0, 0.1) is 0 Å². The van der Waals surface area contributed by atoms with Gasteiger partial charge in [0, 0.05) is 37.8 Å². The summed E-state index contributed by atoms with van der Waals surface area (Å²) >= 11 is 0. The fourth-order valence-electron chi connectivity index (χ4n) is 1.96. The Morgan fingerprint density at radius 3 is 2.58 bits per heavy atom. The van der Waals surface area contributed by atoms with Crippen molar-refractivity contribution >= 4 is 28.5 Å². The van der Waals surface area contributed by atoms with Gasteiger partial charge in [0.2, 0.25) is 5.91 Å². The molecule has 0 saturated carbocycles. The molecule has 1 heterocycles. The van der Waals surface area contributed by atoms with Crippen molar-refractivity contribution in [2.24, 2.45) is 0 Å². The van der Waals surface area contributed by atoms with E-state index >= 15 is 0 Å². The number of carboxylic acids is 1. The first-order chi connectivity index (χ1) is 8.99. The fraction of sp³-hybridized carbons (Fsp3) is 0.286. The molecule has 5 nitrogen and oxygen atoms in total. The molecule has 1 aromatic heterocycles. The quantitative estimate of drug-likeness (QED) is 0.915. The number of carbonyl (C=O) groups is 2. The molecule has 2 rings (SSSR count). The molecule has 0 aliphatic heterocycles. The van der Waals surface area contributed by atoms with Gasteiger partial charge in [0.15, 0.2) is 0 Å². The number of hydrogen-bond acceptors (Lipinski definition) is 3. The summed E-state index contributed by atoms with van der Waals surface area (Å²) < 4.78 is 1.51. The molecule has 5 heteroatoms. The molecule has 0 bridgehead atoms. The van der Waals surface area contributed by atoms with Crippen LogP contribution in [0.15, 0.2) is 30.5 Å². The summed E-state index contributed by atoms with van der Waals surface area (Å²) in [7, 11) is 3.91. The fourth-order valence-corrected chi connectivity index (χ4v) is 1.96. The van der Waals surface area contributed by atoms with Crippen molar-refractivity contribution < 1.29 is 14.7 Å². The Labute approximate surface area is 111 Å². The van der Waals surface area contributed by atoms with Gasteiger partial charge in [0.25, 0.3) is 0 Å². The van der Waals surface area contributed by atoms with Crippen LogP contribution in [0.3, 0.4) is 0 Å². The van der Waals surface area contributed by atoms with Crippen LogP contribution in [0.5, 0.6) is 0 Å². The van der Waals surface area contributed by atoms with Crippen LogP contribution < -0.4 is 4.90 Å². The second kappa shape index (κ2) is 5.14. The van der Waals surface area contributed by atoms with Crippen molar-refractivity contribution in [3.63, 3.8) is 0 Å². The van der Waals surface area contributed by atoms with Crippen molar-refractivity contribution in [1.29, 1.82) is 0 Å². The topological polar surface area (TPSA) is 62.5 Å². The molecule has 19 heavy (non-hydrogen) atoms. The zero-order valence-electron chi connectivity index (χ0n) is 11.0. The molecule has 0 unspecified atom stereocenters. The predicted molar refractivity (Wildman–Crippen MR) is 73.8 cm³/mol. The lowest BCUT2D eigenvalue weighted by Gasteiger charge is -2.12. The molecule has 0 fully saturated rings. The second-order valence-electron chi connectivity index (χ2n) is 4.61. The summed E-state index contributed by atoms with van der Waals surface area (Å²) in [6.07, 6.45) is 1.55. The highest BCUT2D eigenvalue weighted by molar-refractivity contribution is 5.94. The van der Waals surface area contributed by atoms with Gasteiger partial charge in [0.05, 0.1) is 11.9 Å². The minimum absolute atomic E-state index is 0.00848. The van der Waals surface area contributed by atoms with E-state index in [-0.39, 0.29) is 18.7 Å². The van der Waals surface area contributed by atoms with Crippen molar-refractivity contribution in [3.05, 3.63) is 30.5 Å². The normalized spacial score (nSPS) is 10.6. The molecule has 0 amide bonds. The van der Waals surface area contributed by atoms with E-state index in [4.69, 9.17) is 5.11 Å². The summed E-state index contributed by atoms with van der Waals surface area (Å²) in [5, 5.41) is 9.57. The van der Waals surface area contributed by atoms with Crippen LogP contribution in [0.2, 0.25) is 0 Å². The summed E-state index contributed by atoms with van der Waals surface area (Å²) in [4.78, 5) is 24.4. The van der Waals surface area contributed by atoms with Crippen LogP contribution in [-0.2, 0) is 4.79 Å². The van der Waals surface area contributed by atoms with Crippen LogP contribution >= 0.6 is 0 Å². The van der Waals surface area contributed by atoms with Crippen molar-refractivity contribution in [3.8, 4) is 0 Å². The minimum Gasteiger partial charge on any atom is -0.481 e. The third-order valence-electron chi connectivity index (χ3n) is 3.01. The van der Waals surface area contributed by atoms with Gasteiger partial charge in [-0.25, -0.2) is 0 Å². The first kappa shape index (κ1) is 13.1. The molecule has 0 spiro atoms. The maximum absolute atomic E-state index is 11.9. The number of benzene rings is 1. The van der Waals surface area contributed by atoms with Gasteiger partial charge in [-0.15, -0.1) is 0 Å². The molecule has 100 valence electrons. The lowest BCUT2D eigenvalue weighted by atomic mass is 10.2. The Kier molecular flexibility index (Phi) is 3.55. The number of carboxylic acid groups (broad SMARTS) is 1. The zero-order chi connectivity index (χ0) is 14.0. The number of carbonyl (C=O) groups excluding carboxylic acids is 1. The van der Waals surface area contributed by atoms with E-state index in [2.05, 4.69) is 0 Å². The average molecular weight is 260 g/mol. The minimum atomic E-state index is -0.959. The maximum Gasteiger partial charge on any atom is 0.303 e. The SMILES string of the molecule is CN(C)c1ccc2c(ccn2C(=O)CCC(=O)O)c1. The molecule has 1 N–H and O–H groups in total. The first-order valence-electron chi connectivity index (χ1n) is 6.02. The lowest BCUT2D eigenvalue weighted by molar-refractivity contribution is -0.136. The van der Waals surface area contributed by atoms with Gasteiger partial charge >= 0.3 is 5.97 Å². The van der Waals surface area contributed by atoms with E-state index in [1.807, 2.05) is 43.3 Å². The molecule has 0 aliphatic carbocycles. The molecule has 0 radical (unpaired) electrons. The van der Waals surface area contributed by atoms with Crippen molar-refractivity contribution in [2.45, 2.75) is 12.8 Å². The Balaban J connectivity index is 2.30. The van der Waals surface area contributed by atoms with Crippen LogP contribution in [0.25, 0.3) is 10.9 Å². The molecule has 0 saturated heterocycles. The number of hydrogen-bond donors (Lipinski definition) is 1. The zero-order valence-corrected chi connectivity index (χ0v) is 11.0. The van der Waals surface area contributed by atoms with Gasteiger partial charge in [-0.05, 0) is 24.3 Å². The number of nitrogens with zero attached hydrogens (tertiary/aromatic N) is 2. The van der Waals surface area contributed by atoms with Crippen LogP contribution in [0.4, 0.5) is 5.69 Å². The lowest BCUT2D eigenvalue weighted by Crippen LogP contribution is -2.11. The van der Waals surface area contributed by atoms with E-state index in [1.165, 1.54) is 4.57 Å². The number of rotatable bonds is 4. The van der Waals surface area contributed by atoms with Gasteiger partial charge in [-0.3, -0.25) is 14.2 Å². The Bertz CT molecular complexity index is 629. The molecule has 0 aliphatic rings. The van der Waals surface area contributed by atoms with E-state index < -0.39 is 5.97 Å². The van der Waals surface area contributed by atoms with E-state index in [0.717, 1.165) is 16.6 Å². The highest BCUT2D eigenvalue weighted by Gasteiger charge is 2.11. The van der Waals surface area contributed by atoms with E-state index in [1.54, 1.807) is 6.20 Å². The highest BCUT2D eigenvalue weighted by Crippen LogP contribution is 2.22. The van der Waals surface area contributed by atoms with Gasteiger partial charge in [0.1, 0.15) is 0 Å². The second-order valence-corrected chi connectivity index (χ2v) is 4.61. The Morgan fingerprint density at radius 1 is 1.21 bits per heavy atom. The molecular weight excluding hydrogens is 244 g/mol. The van der Waals surface area contributed by atoms with Crippen LogP contribution in [-0.4, -0.2) is 35.6 Å². The molecule has 0 atom stereocenters. The smallest absolute Gasteiger partial charge is 0.303 e. The number of aliphatic carboxylic acids is 1. The Morgan fingerprint density at radius 2 is 1.95 bits per heavy atom. The third-order valence-corrected chi connectivity index (χ3v) is 3.01. The Hall–Kier alpha value is -2.30. The first-order valence-corrected chi connectivity index (χ1v) is 6.02. The summed E-state index contributed by atoms with van der Waals surface area (Å²) in [6.45, 7) is 0. The average Bonchev–Trinajstić information content (AvgIpc) is 2.78. The monoisotopic (exact) mass is 260 g/mol. The predicted octanol–water partition coefficient (Wildman–Crippen LogP) is 2.21. The summed E-state index contributed by atoms with van der Waals surface area (Å²) in [5.41, 5.74) is 1.87. The van der Waals surface area contributed by atoms with E-state index in [9.17, 15) is 9.59 Å². The molecular formula is C14H16N2O3. The van der Waals surface area contributed by atoms with Crippen molar-refractivity contribution in [2.75, 3.05) is 19.0 Å². The largest absolute Gasteiger partial charge is 0.481 e. The van der Waals surface area contributed by atoms with Gasteiger partial charge in [-0.2, -0.15) is 0 Å². The molecule has 1 aromatic carbocycles.